The number of aromatic carboxylic acids is 1. The minimum absolute atomic E-state index is 0.0489. The first kappa shape index (κ1) is 13.1. The van der Waals surface area contributed by atoms with Crippen LogP contribution in [0.4, 0.5) is 0 Å². The Morgan fingerprint density at radius 2 is 2.18 bits per heavy atom. The fourth-order valence-corrected chi connectivity index (χ4v) is 1.35. The third kappa shape index (κ3) is 3.82. The second-order valence-electron chi connectivity index (χ2n) is 3.18. The molecule has 0 aliphatic rings. The largest absolute Gasteiger partial charge is 0.478 e. The van der Waals surface area contributed by atoms with Crippen molar-refractivity contribution < 1.29 is 14.7 Å². The van der Waals surface area contributed by atoms with Gasteiger partial charge in [0.05, 0.1) is 22.7 Å². The molecule has 0 bridgehead atoms. The zero-order valence-electron chi connectivity index (χ0n) is 9.08. The average Bonchev–Trinajstić information content (AvgIpc) is 2.25. The van der Waals surface area contributed by atoms with Crippen LogP contribution in [0.5, 0.6) is 0 Å². The predicted octanol–water partition coefficient (Wildman–Crippen LogP) is 1.53. The highest BCUT2D eigenvalue weighted by Crippen LogP contribution is 2.18. The van der Waals surface area contributed by atoms with Gasteiger partial charge >= 0.3 is 5.97 Å². The summed E-state index contributed by atoms with van der Waals surface area (Å²) < 4.78 is 0. The van der Waals surface area contributed by atoms with Crippen LogP contribution in [0.1, 0.15) is 22.8 Å². The number of nitrogens with one attached hydrogen (secondary N) is 1. The first-order valence-electron chi connectivity index (χ1n) is 4.77. The number of carbonyl (C=O) groups excluding carboxylic acids is 1. The summed E-state index contributed by atoms with van der Waals surface area (Å²) in [5, 5.41) is 11.7. The Labute approximate surface area is 104 Å². The van der Waals surface area contributed by atoms with E-state index >= 15 is 0 Å². The minimum atomic E-state index is -1.09. The summed E-state index contributed by atoms with van der Waals surface area (Å²) in [6.07, 6.45) is 0. The zero-order valence-corrected chi connectivity index (χ0v) is 9.84. The van der Waals surface area contributed by atoms with E-state index in [1.807, 2.05) is 0 Å². The third-order valence-corrected chi connectivity index (χ3v) is 2.20. The maximum atomic E-state index is 10.9. The van der Waals surface area contributed by atoms with Crippen molar-refractivity contribution in [2.75, 3.05) is 6.54 Å². The molecule has 0 saturated carbocycles. The molecule has 88 valence electrons. The number of carbonyl (C=O) groups is 2. The molecule has 17 heavy (non-hydrogen) atoms. The zero-order chi connectivity index (χ0) is 12.8. The van der Waals surface area contributed by atoms with Gasteiger partial charge in [0.25, 0.3) is 0 Å². The Kier molecular flexibility index (Phi) is 4.56. The van der Waals surface area contributed by atoms with Crippen LogP contribution in [-0.2, 0) is 4.79 Å². The second-order valence-corrected chi connectivity index (χ2v) is 3.59. The average molecular weight is 252 g/mol. The summed E-state index contributed by atoms with van der Waals surface area (Å²) in [5.41, 5.74) is 0.305. The molecule has 1 aromatic carbocycles. The van der Waals surface area contributed by atoms with Gasteiger partial charge in [0.15, 0.2) is 0 Å². The fourth-order valence-electron chi connectivity index (χ4n) is 1.13. The van der Waals surface area contributed by atoms with E-state index in [4.69, 9.17) is 16.7 Å². The molecule has 1 rings (SSSR count). The molecule has 0 saturated heterocycles. The van der Waals surface area contributed by atoms with Crippen molar-refractivity contribution in [3.8, 4) is 11.8 Å². The molecule has 4 nitrogen and oxygen atoms in total. The van der Waals surface area contributed by atoms with E-state index in [1.165, 1.54) is 13.0 Å². The maximum absolute atomic E-state index is 10.9. The molecule has 0 aliphatic carbocycles. The van der Waals surface area contributed by atoms with Gasteiger partial charge in [-0.15, -0.1) is 0 Å². The molecule has 1 amide bonds. The second kappa shape index (κ2) is 5.92. The summed E-state index contributed by atoms with van der Waals surface area (Å²) >= 11 is 5.86. The monoisotopic (exact) mass is 251 g/mol. The van der Waals surface area contributed by atoms with E-state index in [0.717, 1.165) is 0 Å². The molecule has 0 radical (unpaired) electrons. The van der Waals surface area contributed by atoms with E-state index in [1.54, 1.807) is 12.1 Å². The van der Waals surface area contributed by atoms with Crippen LogP contribution in [0.3, 0.4) is 0 Å². The summed E-state index contributed by atoms with van der Waals surface area (Å²) in [6, 6.07) is 4.54. The smallest absolute Gasteiger partial charge is 0.337 e. The molecule has 0 aliphatic heterocycles. The molecule has 0 heterocycles. The van der Waals surface area contributed by atoms with Crippen LogP contribution in [0, 0.1) is 11.8 Å². The highest BCUT2D eigenvalue weighted by atomic mass is 35.5. The Bertz CT molecular complexity index is 514. The number of hydrogen-bond donors (Lipinski definition) is 2. The molecule has 0 unspecified atom stereocenters. The fraction of sp³-hybridized carbons (Fsp3) is 0.167. The van der Waals surface area contributed by atoms with Gasteiger partial charge in [0.1, 0.15) is 0 Å². The normalized spacial score (nSPS) is 9.06. The maximum Gasteiger partial charge on any atom is 0.337 e. The van der Waals surface area contributed by atoms with E-state index in [-0.39, 0.29) is 28.6 Å². The Balaban J connectivity index is 2.96. The van der Waals surface area contributed by atoms with Gasteiger partial charge in [-0.25, -0.2) is 4.79 Å². The van der Waals surface area contributed by atoms with Crippen LogP contribution in [-0.4, -0.2) is 23.5 Å². The lowest BCUT2D eigenvalue weighted by Crippen LogP contribution is -2.19. The van der Waals surface area contributed by atoms with E-state index in [9.17, 15) is 9.59 Å². The SMILES string of the molecule is CC(=O)NCC#Cc1c(Cl)cccc1C(=O)O. The molecule has 0 fully saturated rings. The van der Waals surface area contributed by atoms with Crippen LogP contribution >= 0.6 is 11.6 Å². The molecule has 2 N–H and O–H groups in total. The minimum Gasteiger partial charge on any atom is -0.478 e. The van der Waals surface area contributed by atoms with Gasteiger partial charge < -0.3 is 10.4 Å². The lowest BCUT2D eigenvalue weighted by Gasteiger charge is -2.00. The van der Waals surface area contributed by atoms with Crippen LogP contribution in [0.2, 0.25) is 5.02 Å². The molecular formula is C12H10ClNO3. The van der Waals surface area contributed by atoms with E-state index in [0.29, 0.717) is 0 Å². The van der Waals surface area contributed by atoms with Gasteiger partial charge in [0, 0.05) is 6.92 Å². The van der Waals surface area contributed by atoms with Gasteiger partial charge in [-0.3, -0.25) is 4.79 Å². The van der Waals surface area contributed by atoms with Crippen molar-refractivity contribution in [2.24, 2.45) is 0 Å². The topological polar surface area (TPSA) is 66.4 Å². The number of hydrogen-bond acceptors (Lipinski definition) is 2. The van der Waals surface area contributed by atoms with Gasteiger partial charge in [-0.2, -0.15) is 0 Å². The Morgan fingerprint density at radius 3 is 2.76 bits per heavy atom. The highest BCUT2D eigenvalue weighted by molar-refractivity contribution is 6.32. The number of halogens is 1. The van der Waals surface area contributed by atoms with Crippen molar-refractivity contribution >= 4 is 23.5 Å². The quantitative estimate of drug-likeness (QED) is 0.784. The Hall–Kier alpha value is -1.99. The van der Waals surface area contributed by atoms with Crippen molar-refractivity contribution in [3.63, 3.8) is 0 Å². The van der Waals surface area contributed by atoms with E-state index < -0.39 is 5.97 Å². The van der Waals surface area contributed by atoms with Crippen molar-refractivity contribution in [3.05, 3.63) is 34.3 Å². The summed E-state index contributed by atoms with van der Waals surface area (Å²) in [5.74, 6) is 4.00. The Morgan fingerprint density at radius 1 is 1.47 bits per heavy atom. The van der Waals surface area contributed by atoms with Crippen LogP contribution < -0.4 is 5.32 Å². The molecule has 5 heteroatoms. The van der Waals surface area contributed by atoms with Crippen LogP contribution in [0.25, 0.3) is 0 Å². The standard InChI is InChI=1S/C12H10ClNO3/c1-8(15)14-7-3-5-9-10(12(16)17)4-2-6-11(9)13/h2,4,6H,7H2,1H3,(H,14,15)(H,16,17). The molecule has 0 atom stereocenters. The molecular weight excluding hydrogens is 242 g/mol. The third-order valence-electron chi connectivity index (χ3n) is 1.88. The number of amides is 1. The summed E-state index contributed by atoms with van der Waals surface area (Å²) in [6.45, 7) is 1.53. The van der Waals surface area contributed by atoms with Crippen LogP contribution in [0.15, 0.2) is 18.2 Å². The van der Waals surface area contributed by atoms with Gasteiger partial charge in [0.2, 0.25) is 5.91 Å². The number of carboxylic acid groups (broad SMARTS) is 1. The lowest BCUT2D eigenvalue weighted by molar-refractivity contribution is -0.118. The lowest BCUT2D eigenvalue weighted by atomic mass is 10.1. The molecule has 1 aromatic rings. The highest BCUT2D eigenvalue weighted by Gasteiger charge is 2.10. The number of benzene rings is 1. The number of rotatable bonds is 2. The summed E-state index contributed by atoms with van der Waals surface area (Å²) in [7, 11) is 0. The molecule has 0 spiro atoms. The first-order valence-corrected chi connectivity index (χ1v) is 5.15. The van der Waals surface area contributed by atoms with Crippen molar-refractivity contribution in [2.45, 2.75) is 6.92 Å². The van der Waals surface area contributed by atoms with E-state index in [2.05, 4.69) is 17.2 Å². The number of carboxylic acids is 1. The predicted molar refractivity (Wildman–Crippen MR) is 64.0 cm³/mol. The van der Waals surface area contributed by atoms with Crippen molar-refractivity contribution in [1.29, 1.82) is 0 Å². The van der Waals surface area contributed by atoms with Gasteiger partial charge in [-0.05, 0) is 12.1 Å². The van der Waals surface area contributed by atoms with Crippen molar-refractivity contribution in [1.82, 2.24) is 5.32 Å². The summed E-state index contributed by atoms with van der Waals surface area (Å²) in [4.78, 5) is 21.5. The first-order chi connectivity index (χ1) is 8.02. The molecule has 0 aromatic heterocycles. The van der Waals surface area contributed by atoms with Gasteiger partial charge in [-0.1, -0.05) is 29.5 Å².